The molecule has 1 aromatic heterocycles. The quantitative estimate of drug-likeness (QED) is 0.801. The maximum absolute atomic E-state index is 11.9. The predicted molar refractivity (Wildman–Crippen MR) is 87.6 cm³/mol. The summed E-state index contributed by atoms with van der Waals surface area (Å²) in [5, 5.41) is 2.78. The molecule has 120 valence electrons. The first-order valence-corrected chi connectivity index (χ1v) is 6.86. The molecule has 3 N–H and O–H groups in total. The molecule has 1 amide bonds. The van der Waals surface area contributed by atoms with Crippen molar-refractivity contribution in [3.63, 3.8) is 0 Å². The molecule has 1 heterocycles. The first-order valence-electron chi connectivity index (χ1n) is 6.86. The molecule has 0 aliphatic heterocycles. The van der Waals surface area contributed by atoms with Gasteiger partial charge >= 0.3 is 0 Å². The molecule has 1 aromatic carbocycles. The van der Waals surface area contributed by atoms with Crippen LogP contribution in [-0.2, 0) is 6.54 Å². The Balaban J connectivity index is 0.00000242. The van der Waals surface area contributed by atoms with Crippen molar-refractivity contribution < 1.29 is 13.9 Å². The number of carbonyl (C=O) groups excluding carboxylic acids is 1. The maximum Gasteiger partial charge on any atom is 0.254 e. The van der Waals surface area contributed by atoms with Crippen LogP contribution < -0.4 is 15.8 Å². The molecule has 22 heavy (non-hydrogen) atoms. The Labute approximate surface area is 136 Å². The number of nitrogens with two attached hydrogens (primary N) is 1. The van der Waals surface area contributed by atoms with Gasteiger partial charge in [-0.3, -0.25) is 4.79 Å². The Morgan fingerprint density at radius 1 is 1.32 bits per heavy atom. The third-order valence-electron chi connectivity index (χ3n) is 3.16. The van der Waals surface area contributed by atoms with Crippen LogP contribution in [0.4, 0.5) is 0 Å². The fourth-order valence-electron chi connectivity index (χ4n) is 2.05. The number of halogens is 1. The lowest BCUT2D eigenvalue weighted by atomic mass is 10.1. The van der Waals surface area contributed by atoms with E-state index in [0.29, 0.717) is 24.5 Å². The molecule has 6 heteroatoms. The Morgan fingerprint density at radius 2 is 2.00 bits per heavy atom. The first-order chi connectivity index (χ1) is 10.1. The standard InChI is InChI=1S/C16H20N2O3.ClH/c1-11-4-3-5-12(2)15(11)20-7-6-18-16(19)13-8-14(9-17)21-10-13;/h3-5,8,10H,6-7,9,17H2,1-2H3,(H,18,19);1H. The van der Waals surface area contributed by atoms with Gasteiger partial charge in [-0.15, -0.1) is 12.4 Å². The van der Waals surface area contributed by atoms with Gasteiger partial charge in [0.1, 0.15) is 24.4 Å². The van der Waals surface area contributed by atoms with Crippen molar-refractivity contribution in [3.05, 3.63) is 53.0 Å². The van der Waals surface area contributed by atoms with E-state index in [2.05, 4.69) is 5.32 Å². The molecule has 0 saturated heterocycles. The van der Waals surface area contributed by atoms with E-state index in [0.717, 1.165) is 16.9 Å². The molecule has 0 spiro atoms. The summed E-state index contributed by atoms with van der Waals surface area (Å²) in [7, 11) is 0. The fraction of sp³-hybridized carbons (Fsp3) is 0.312. The topological polar surface area (TPSA) is 77.5 Å². The monoisotopic (exact) mass is 324 g/mol. The normalized spacial score (nSPS) is 9.95. The fourth-order valence-corrected chi connectivity index (χ4v) is 2.05. The van der Waals surface area contributed by atoms with Gasteiger partial charge in [-0.05, 0) is 31.0 Å². The molecule has 0 aliphatic rings. The smallest absolute Gasteiger partial charge is 0.254 e. The largest absolute Gasteiger partial charge is 0.491 e. The number of carbonyl (C=O) groups is 1. The van der Waals surface area contributed by atoms with Crippen molar-refractivity contribution in [1.82, 2.24) is 5.32 Å². The van der Waals surface area contributed by atoms with Crippen LogP contribution in [0.1, 0.15) is 27.2 Å². The summed E-state index contributed by atoms with van der Waals surface area (Å²) in [5.74, 6) is 1.27. The zero-order chi connectivity index (χ0) is 15.2. The van der Waals surface area contributed by atoms with Crippen molar-refractivity contribution in [1.29, 1.82) is 0 Å². The van der Waals surface area contributed by atoms with Crippen molar-refractivity contribution in [3.8, 4) is 5.75 Å². The lowest BCUT2D eigenvalue weighted by Crippen LogP contribution is -2.27. The van der Waals surface area contributed by atoms with Crippen molar-refractivity contribution >= 4 is 18.3 Å². The lowest BCUT2D eigenvalue weighted by Gasteiger charge is -2.12. The second-order valence-electron chi connectivity index (χ2n) is 4.83. The summed E-state index contributed by atoms with van der Waals surface area (Å²) < 4.78 is 10.8. The zero-order valence-corrected chi connectivity index (χ0v) is 13.5. The van der Waals surface area contributed by atoms with Gasteiger partial charge in [-0.1, -0.05) is 18.2 Å². The van der Waals surface area contributed by atoms with E-state index in [9.17, 15) is 4.79 Å². The van der Waals surface area contributed by atoms with E-state index in [1.54, 1.807) is 6.07 Å². The highest BCUT2D eigenvalue weighted by molar-refractivity contribution is 5.93. The minimum absolute atomic E-state index is 0. The van der Waals surface area contributed by atoms with Crippen LogP contribution in [-0.4, -0.2) is 19.1 Å². The lowest BCUT2D eigenvalue weighted by molar-refractivity contribution is 0.0946. The van der Waals surface area contributed by atoms with Gasteiger partial charge < -0.3 is 20.2 Å². The minimum atomic E-state index is -0.191. The SMILES string of the molecule is Cc1cccc(C)c1OCCNC(=O)c1coc(CN)c1.Cl. The van der Waals surface area contributed by atoms with Gasteiger partial charge in [-0.25, -0.2) is 0 Å². The highest BCUT2D eigenvalue weighted by atomic mass is 35.5. The number of para-hydroxylation sites is 1. The van der Waals surface area contributed by atoms with Crippen LogP contribution in [0.25, 0.3) is 0 Å². The molecule has 0 radical (unpaired) electrons. The summed E-state index contributed by atoms with van der Waals surface area (Å²) in [4.78, 5) is 11.9. The van der Waals surface area contributed by atoms with Crippen LogP contribution in [0.5, 0.6) is 5.75 Å². The molecule has 0 bridgehead atoms. The predicted octanol–water partition coefficient (Wildman–Crippen LogP) is 2.59. The van der Waals surface area contributed by atoms with Gasteiger partial charge in [0.15, 0.2) is 0 Å². The number of hydrogen-bond donors (Lipinski definition) is 2. The van der Waals surface area contributed by atoms with Crippen LogP contribution in [0.3, 0.4) is 0 Å². The summed E-state index contributed by atoms with van der Waals surface area (Å²) in [6, 6.07) is 7.64. The second kappa shape index (κ2) is 8.46. The van der Waals surface area contributed by atoms with E-state index in [4.69, 9.17) is 14.9 Å². The summed E-state index contributed by atoms with van der Waals surface area (Å²) in [6.45, 7) is 5.12. The minimum Gasteiger partial charge on any atom is -0.491 e. The molecule has 0 unspecified atom stereocenters. The van der Waals surface area contributed by atoms with Crippen LogP contribution in [0, 0.1) is 13.8 Å². The van der Waals surface area contributed by atoms with E-state index < -0.39 is 0 Å². The zero-order valence-electron chi connectivity index (χ0n) is 12.7. The number of amides is 1. The summed E-state index contributed by atoms with van der Waals surface area (Å²) in [6.07, 6.45) is 1.41. The molecular formula is C16H21ClN2O3. The second-order valence-corrected chi connectivity index (χ2v) is 4.83. The van der Waals surface area contributed by atoms with Crippen LogP contribution in [0.15, 0.2) is 34.9 Å². The van der Waals surface area contributed by atoms with Gasteiger partial charge in [0, 0.05) is 0 Å². The van der Waals surface area contributed by atoms with E-state index >= 15 is 0 Å². The van der Waals surface area contributed by atoms with Crippen molar-refractivity contribution in [2.75, 3.05) is 13.2 Å². The molecule has 0 fully saturated rings. The molecule has 0 atom stereocenters. The molecule has 0 saturated carbocycles. The molecule has 2 aromatic rings. The van der Waals surface area contributed by atoms with Gasteiger partial charge in [0.25, 0.3) is 5.91 Å². The number of furan rings is 1. The average molecular weight is 325 g/mol. The third-order valence-corrected chi connectivity index (χ3v) is 3.16. The molecule has 5 nitrogen and oxygen atoms in total. The number of nitrogens with one attached hydrogen (secondary N) is 1. The highest BCUT2D eigenvalue weighted by Crippen LogP contribution is 2.21. The Kier molecular flexibility index (Phi) is 6.95. The molecule has 2 rings (SSSR count). The van der Waals surface area contributed by atoms with E-state index in [1.165, 1.54) is 6.26 Å². The molecule has 0 aliphatic carbocycles. The number of hydrogen-bond acceptors (Lipinski definition) is 4. The van der Waals surface area contributed by atoms with E-state index in [1.807, 2.05) is 32.0 Å². The van der Waals surface area contributed by atoms with Gasteiger partial charge in [-0.2, -0.15) is 0 Å². The van der Waals surface area contributed by atoms with Gasteiger partial charge in [0.05, 0.1) is 18.7 Å². The van der Waals surface area contributed by atoms with E-state index in [-0.39, 0.29) is 24.9 Å². The number of benzene rings is 1. The van der Waals surface area contributed by atoms with Crippen LogP contribution >= 0.6 is 12.4 Å². The first kappa shape index (κ1) is 18.1. The van der Waals surface area contributed by atoms with Crippen molar-refractivity contribution in [2.45, 2.75) is 20.4 Å². The Hall–Kier alpha value is -1.98. The number of rotatable bonds is 6. The number of ether oxygens (including phenoxy) is 1. The molecular weight excluding hydrogens is 304 g/mol. The summed E-state index contributed by atoms with van der Waals surface area (Å²) in [5.41, 5.74) is 8.08. The highest BCUT2D eigenvalue weighted by Gasteiger charge is 2.09. The van der Waals surface area contributed by atoms with Crippen LogP contribution in [0.2, 0.25) is 0 Å². The summed E-state index contributed by atoms with van der Waals surface area (Å²) >= 11 is 0. The van der Waals surface area contributed by atoms with Gasteiger partial charge in [0.2, 0.25) is 0 Å². The third kappa shape index (κ3) is 4.51. The number of aryl methyl sites for hydroxylation is 2. The Morgan fingerprint density at radius 3 is 2.59 bits per heavy atom. The average Bonchev–Trinajstić information content (AvgIpc) is 2.95. The van der Waals surface area contributed by atoms with Crippen molar-refractivity contribution in [2.24, 2.45) is 5.73 Å². The maximum atomic E-state index is 11.9. The Bertz CT molecular complexity index is 605.